The van der Waals surface area contributed by atoms with Crippen LogP contribution in [-0.2, 0) is 14.3 Å². The predicted octanol–water partition coefficient (Wildman–Crippen LogP) is 4.68. The van der Waals surface area contributed by atoms with Crippen molar-refractivity contribution in [3.8, 4) is 0 Å². The van der Waals surface area contributed by atoms with Crippen molar-refractivity contribution >= 4 is 11.6 Å². The number of fused-ring (bicyclic) bond motifs is 2. The first-order valence-electron chi connectivity index (χ1n) is 9.23. The van der Waals surface area contributed by atoms with Crippen molar-refractivity contribution in [1.29, 1.82) is 0 Å². The van der Waals surface area contributed by atoms with Crippen LogP contribution in [0.4, 0.5) is 0 Å². The van der Waals surface area contributed by atoms with Gasteiger partial charge in [0.05, 0.1) is 0 Å². The molecule has 0 aromatic heterocycles. The molecular weight excluding hydrogens is 300 g/mol. The minimum atomic E-state index is -0.414. The van der Waals surface area contributed by atoms with Gasteiger partial charge in [-0.2, -0.15) is 0 Å². The Morgan fingerprint density at radius 3 is 2.71 bits per heavy atom. The lowest BCUT2D eigenvalue weighted by Gasteiger charge is -2.47. The molecule has 0 fully saturated rings. The first-order chi connectivity index (χ1) is 11.3. The predicted molar refractivity (Wildman–Crippen MR) is 94.4 cm³/mol. The zero-order chi connectivity index (χ0) is 17.5. The van der Waals surface area contributed by atoms with Crippen molar-refractivity contribution in [3.05, 3.63) is 34.6 Å². The van der Waals surface area contributed by atoms with Gasteiger partial charge >= 0.3 is 0 Å². The number of rotatable bonds is 4. The highest BCUT2D eigenvalue weighted by Gasteiger charge is 2.49. The largest absolute Gasteiger partial charge is 0.483 e. The molecule has 0 bridgehead atoms. The van der Waals surface area contributed by atoms with Gasteiger partial charge in [-0.25, -0.2) is 0 Å². The van der Waals surface area contributed by atoms with Gasteiger partial charge in [0.25, 0.3) is 0 Å². The van der Waals surface area contributed by atoms with Crippen molar-refractivity contribution in [2.75, 3.05) is 0 Å². The number of hydrogen-bond acceptors (Lipinski definition) is 3. The first kappa shape index (κ1) is 17.2. The number of unbranched alkanes of at least 4 members (excludes halogenated alkanes) is 2. The van der Waals surface area contributed by atoms with E-state index in [0.29, 0.717) is 23.3 Å². The molecule has 0 aromatic rings. The molecule has 0 spiro atoms. The summed E-state index contributed by atoms with van der Waals surface area (Å²) in [5, 5.41) is 0. The van der Waals surface area contributed by atoms with Crippen LogP contribution in [0.3, 0.4) is 0 Å². The molecule has 1 heterocycles. The molecule has 3 nitrogen and oxygen atoms in total. The van der Waals surface area contributed by atoms with Gasteiger partial charge in [-0.3, -0.25) is 9.59 Å². The van der Waals surface area contributed by atoms with Gasteiger partial charge in [0.1, 0.15) is 5.60 Å². The molecule has 0 saturated carbocycles. The number of Topliss-reactive ketones (excluding diaryl/α,β-unsaturated/α-hetero) is 1. The SMILES string of the molecule is CCCCCC1=CC(=O)C2=C(OC(C)(C)[C@@H]3CC=C(C)C[C@@H]23)C1=O. The quantitative estimate of drug-likeness (QED) is 0.427. The van der Waals surface area contributed by atoms with Gasteiger partial charge in [0.2, 0.25) is 5.78 Å². The van der Waals surface area contributed by atoms with Gasteiger partial charge in [-0.1, -0.05) is 31.4 Å². The molecule has 3 heteroatoms. The van der Waals surface area contributed by atoms with Gasteiger partial charge in [-0.05, 0) is 52.5 Å². The summed E-state index contributed by atoms with van der Waals surface area (Å²) in [7, 11) is 0. The fraction of sp³-hybridized carbons (Fsp3) is 0.619. The third-order valence-corrected chi connectivity index (χ3v) is 5.74. The number of hydrogen-bond donors (Lipinski definition) is 0. The Morgan fingerprint density at radius 2 is 2.00 bits per heavy atom. The molecule has 3 aliphatic rings. The van der Waals surface area contributed by atoms with Gasteiger partial charge in [-0.15, -0.1) is 0 Å². The molecule has 24 heavy (non-hydrogen) atoms. The minimum absolute atomic E-state index is 0.00343. The Labute approximate surface area is 144 Å². The Morgan fingerprint density at radius 1 is 1.25 bits per heavy atom. The van der Waals surface area contributed by atoms with Crippen LogP contribution in [0, 0.1) is 11.8 Å². The summed E-state index contributed by atoms with van der Waals surface area (Å²) in [5.74, 6) is 0.649. The van der Waals surface area contributed by atoms with E-state index >= 15 is 0 Å². The summed E-state index contributed by atoms with van der Waals surface area (Å²) in [6, 6.07) is 0. The van der Waals surface area contributed by atoms with E-state index in [1.54, 1.807) is 6.08 Å². The van der Waals surface area contributed by atoms with Gasteiger partial charge in [0.15, 0.2) is 11.5 Å². The van der Waals surface area contributed by atoms with E-state index in [1.165, 1.54) is 5.57 Å². The number of ketones is 2. The maximum absolute atomic E-state index is 12.9. The Hall–Kier alpha value is -1.64. The van der Waals surface area contributed by atoms with Crippen molar-refractivity contribution < 1.29 is 14.3 Å². The van der Waals surface area contributed by atoms with E-state index in [4.69, 9.17) is 4.74 Å². The molecule has 0 saturated heterocycles. The van der Waals surface area contributed by atoms with E-state index in [2.05, 4.69) is 33.8 Å². The van der Waals surface area contributed by atoms with Gasteiger partial charge in [0, 0.05) is 23.0 Å². The normalized spacial score (nSPS) is 28.7. The standard InChI is InChI=1S/C21H28O3/c1-5-6-7-8-14-12-17(22)18-15-11-13(2)9-10-16(15)21(3,4)24-20(18)19(14)23/h9,12,15-16H,5-8,10-11H2,1-4H3/t15-,16-/m1/s1. The van der Waals surface area contributed by atoms with E-state index in [9.17, 15) is 9.59 Å². The highest BCUT2D eigenvalue weighted by Crippen LogP contribution is 2.49. The van der Waals surface area contributed by atoms with E-state index in [0.717, 1.165) is 32.1 Å². The maximum Gasteiger partial charge on any atom is 0.224 e. The monoisotopic (exact) mass is 328 g/mol. The van der Waals surface area contributed by atoms with E-state index in [-0.39, 0.29) is 23.4 Å². The van der Waals surface area contributed by atoms with Crippen LogP contribution in [0.25, 0.3) is 0 Å². The second-order valence-electron chi connectivity index (χ2n) is 7.97. The third-order valence-electron chi connectivity index (χ3n) is 5.74. The van der Waals surface area contributed by atoms with Crippen LogP contribution in [0.15, 0.2) is 34.6 Å². The fourth-order valence-electron chi connectivity index (χ4n) is 4.36. The Bertz CT molecular complexity index is 661. The molecule has 0 aromatic carbocycles. The molecular formula is C21H28O3. The van der Waals surface area contributed by atoms with Crippen molar-refractivity contribution in [2.24, 2.45) is 11.8 Å². The molecule has 3 rings (SSSR count). The van der Waals surface area contributed by atoms with E-state index < -0.39 is 5.60 Å². The van der Waals surface area contributed by atoms with Gasteiger partial charge < -0.3 is 4.74 Å². The summed E-state index contributed by atoms with van der Waals surface area (Å²) in [5.41, 5.74) is 2.15. The molecule has 2 aliphatic carbocycles. The molecule has 0 amide bonds. The van der Waals surface area contributed by atoms with Crippen LogP contribution >= 0.6 is 0 Å². The van der Waals surface area contributed by atoms with Crippen LogP contribution in [0.1, 0.15) is 66.2 Å². The summed E-state index contributed by atoms with van der Waals surface area (Å²) < 4.78 is 6.14. The molecule has 0 N–H and O–H groups in total. The highest BCUT2D eigenvalue weighted by atomic mass is 16.5. The van der Waals surface area contributed by atoms with Crippen LogP contribution in [-0.4, -0.2) is 17.2 Å². The second kappa shape index (κ2) is 6.34. The lowest BCUT2D eigenvalue weighted by Crippen LogP contribution is -2.48. The van der Waals surface area contributed by atoms with Crippen LogP contribution in [0.2, 0.25) is 0 Å². The topological polar surface area (TPSA) is 43.4 Å². The summed E-state index contributed by atoms with van der Waals surface area (Å²) in [6.07, 6.45) is 9.40. The smallest absolute Gasteiger partial charge is 0.224 e. The minimum Gasteiger partial charge on any atom is -0.483 e. The number of carbonyl (C=O) groups is 2. The lowest BCUT2D eigenvalue weighted by atomic mass is 9.65. The fourth-order valence-corrected chi connectivity index (χ4v) is 4.36. The van der Waals surface area contributed by atoms with Crippen molar-refractivity contribution in [1.82, 2.24) is 0 Å². The summed E-state index contributed by atoms with van der Waals surface area (Å²) >= 11 is 0. The average molecular weight is 328 g/mol. The Kier molecular flexibility index (Phi) is 4.54. The first-order valence-corrected chi connectivity index (χ1v) is 9.23. The lowest BCUT2D eigenvalue weighted by molar-refractivity contribution is -0.129. The summed E-state index contributed by atoms with van der Waals surface area (Å²) in [4.78, 5) is 25.7. The highest BCUT2D eigenvalue weighted by molar-refractivity contribution is 6.22. The summed E-state index contributed by atoms with van der Waals surface area (Å²) in [6.45, 7) is 8.35. The number of allylic oxidation sites excluding steroid dienone is 5. The molecule has 2 atom stereocenters. The van der Waals surface area contributed by atoms with Crippen molar-refractivity contribution in [3.63, 3.8) is 0 Å². The Balaban J connectivity index is 1.94. The number of ether oxygens (including phenoxy) is 1. The zero-order valence-corrected chi connectivity index (χ0v) is 15.3. The number of carbonyl (C=O) groups excluding carboxylic acids is 2. The molecule has 130 valence electrons. The molecule has 0 unspecified atom stereocenters. The van der Waals surface area contributed by atoms with Crippen molar-refractivity contribution in [2.45, 2.75) is 71.8 Å². The maximum atomic E-state index is 12.9. The zero-order valence-electron chi connectivity index (χ0n) is 15.3. The van der Waals surface area contributed by atoms with Crippen LogP contribution < -0.4 is 0 Å². The molecule has 1 aliphatic heterocycles. The molecule has 0 radical (unpaired) electrons. The van der Waals surface area contributed by atoms with E-state index in [1.807, 2.05) is 0 Å². The van der Waals surface area contributed by atoms with Crippen LogP contribution in [0.5, 0.6) is 0 Å². The third kappa shape index (κ3) is 2.89. The average Bonchev–Trinajstić information content (AvgIpc) is 2.51. The second-order valence-corrected chi connectivity index (χ2v) is 7.97.